The van der Waals surface area contributed by atoms with Crippen LogP contribution in [0, 0.1) is 16.2 Å². The summed E-state index contributed by atoms with van der Waals surface area (Å²) in [6.07, 6.45) is 6.47. The van der Waals surface area contributed by atoms with Gasteiger partial charge in [0.25, 0.3) is 0 Å². The van der Waals surface area contributed by atoms with Crippen LogP contribution >= 0.6 is 0 Å². The van der Waals surface area contributed by atoms with Gasteiger partial charge in [-0.1, -0.05) is 36.4 Å². The zero-order chi connectivity index (χ0) is 24.3. The molecule has 8 heteroatoms. The first-order valence-electron chi connectivity index (χ1n) is 11.0. The maximum absolute atomic E-state index is 8.62. The fraction of sp³-hybridized carbons (Fsp3) is 0.192. The van der Waals surface area contributed by atoms with Crippen molar-refractivity contribution in [2.45, 2.75) is 13.0 Å². The van der Waals surface area contributed by atoms with Crippen LogP contribution in [-0.4, -0.2) is 53.5 Å². The van der Waals surface area contributed by atoms with Crippen molar-refractivity contribution in [1.29, 1.82) is 16.2 Å². The predicted octanol–water partition coefficient (Wildman–Crippen LogP) is 3.40. The van der Waals surface area contributed by atoms with Gasteiger partial charge in [-0.25, -0.2) is 0 Å². The van der Waals surface area contributed by atoms with E-state index in [9.17, 15) is 0 Å². The summed E-state index contributed by atoms with van der Waals surface area (Å²) in [6, 6.07) is 17.3. The van der Waals surface area contributed by atoms with Crippen LogP contribution in [0.5, 0.6) is 0 Å². The lowest BCUT2D eigenvalue weighted by atomic mass is 9.95. The molecule has 0 aliphatic carbocycles. The summed E-state index contributed by atoms with van der Waals surface area (Å²) in [5.41, 5.74) is 16.7. The average molecular weight is 455 g/mol. The summed E-state index contributed by atoms with van der Waals surface area (Å²) in [4.78, 5) is 10.3. The Kier molecular flexibility index (Phi) is 8.76. The predicted molar refractivity (Wildman–Crippen MR) is 140 cm³/mol. The van der Waals surface area contributed by atoms with Crippen molar-refractivity contribution in [2.24, 2.45) is 10.7 Å². The first kappa shape index (κ1) is 24.5. The maximum Gasteiger partial charge on any atom is 0.0844 e. The Morgan fingerprint density at radius 3 is 2.59 bits per heavy atom. The second-order valence-electron chi connectivity index (χ2n) is 7.89. The van der Waals surface area contributed by atoms with E-state index in [0.717, 1.165) is 22.3 Å². The lowest BCUT2D eigenvalue weighted by Crippen LogP contribution is -2.28. The topological polar surface area (TPSA) is 152 Å². The number of anilines is 1. The first-order valence-corrected chi connectivity index (χ1v) is 11.0. The van der Waals surface area contributed by atoms with Gasteiger partial charge in [-0.05, 0) is 34.9 Å². The van der Waals surface area contributed by atoms with Crippen LogP contribution in [0.1, 0.15) is 16.7 Å². The van der Waals surface area contributed by atoms with Crippen molar-refractivity contribution < 1.29 is 0 Å². The Labute approximate surface area is 199 Å². The third kappa shape index (κ3) is 6.66. The largest absolute Gasteiger partial charge is 0.398 e. The molecular formula is C26H30N8. The van der Waals surface area contributed by atoms with Crippen molar-refractivity contribution in [3.63, 3.8) is 0 Å². The zero-order valence-corrected chi connectivity index (χ0v) is 19.0. The molecule has 1 aromatic heterocycles. The van der Waals surface area contributed by atoms with E-state index in [-0.39, 0.29) is 11.4 Å². The van der Waals surface area contributed by atoms with Gasteiger partial charge in [0.05, 0.1) is 24.3 Å². The molecule has 3 aromatic rings. The summed E-state index contributed by atoms with van der Waals surface area (Å²) in [6.45, 7) is 2.46. The van der Waals surface area contributed by atoms with Gasteiger partial charge in [0.15, 0.2) is 0 Å². The Bertz CT molecular complexity index is 1170. The fourth-order valence-electron chi connectivity index (χ4n) is 3.67. The molecule has 1 heterocycles. The molecule has 0 bridgehead atoms. The second kappa shape index (κ2) is 12.2. The minimum atomic E-state index is 0.110. The summed E-state index contributed by atoms with van der Waals surface area (Å²) < 4.78 is 0. The number of hydrogen-bond donors (Lipinski definition) is 5. The van der Waals surface area contributed by atoms with E-state index in [2.05, 4.69) is 14.9 Å². The highest BCUT2D eigenvalue weighted by molar-refractivity contribution is 6.47. The minimum absolute atomic E-state index is 0.110. The van der Waals surface area contributed by atoms with E-state index < -0.39 is 0 Å². The minimum Gasteiger partial charge on any atom is -0.398 e. The number of nitrogens with zero attached hydrogens (tertiary/aromatic N) is 3. The zero-order valence-electron chi connectivity index (χ0n) is 19.0. The van der Waals surface area contributed by atoms with E-state index >= 15 is 0 Å². The summed E-state index contributed by atoms with van der Waals surface area (Å²) >= 11 is 0. The molecule has 0 aliphatic heterocycles. The highest BCUT2D eigenvalue weighted by Gasteiger charge is 2.14. The highest BCUT2D eigenvalue weighted by Crippen LogP contribution is 2.24. The summed E-state index contributed by atoms with van der Waals surface area (Å²) in [7, 11) is 0. The van der Waals surface area contributed by atoms with Crippen LogP contribution in [0.3, 0.4) is 0 Å². The van der Waals surface area contributed by atoms with Crippen LogP contribution in [0.25, 0.3) is 11.1 Å². The number of rotatable bonds is 12. The van der Waals surface area contributed by atoms with Crippen molar-refractivity contribution in [2.75, 3.05) is 25.4 Å². The van der Waals surface area contributed by atoms with Gasteiger partial charge in [0.1, 0.15) is 0 Å². The Balaban J connectivity index is 1.72. The monoisotopic (exact) mass is 454 g/mol. The standard InChI is InChI=1S/C26H30N8/c27-8-11-34(12-10-33-18-28)17-20-4-1-3-19(13-20)14-25(30)26(31)23-15-21(6-7-24(23)29)22-5-2-9-32-16-22/h1-9,13,15-16,18,27,30-31H,10-12,14,17,29H2,(H2,28,33). The van der Waals surface area contributed by atoms with Crippen molar-refractivity contribution in [1.82, 2.24) is 9.88 Å². The van der Waals surface area contributed by atoms with Crippen LogP contribution in [0.15, 0.2) is 72.0 Å². The third-order valence-electron chi connectivity index (χ3n) is 5.40. The average Bonchev–Trinajstić information content (AvgIpc) is 2.85. The summed E-state index contributed by atoms with van der Waals surface area (Å²) in [5, 5.41) is 24.6. The van der Waals surface area contributed by atoms with E-state index in [4.69, 9.17) is 27.7 Å². The third-order valence-corrected chi connectivity index (χ3v) is 5.40. The molecule has 0 atom stereocenters. The molecule has 3 rings (SSSR count). The smallest absolute Gasteiger partial charge is 0.0844 e. The lowest BCUT2D eigenvalue weighted by Gasteiger charge is -2.19. The molecule has 0 spiro atoms. The number of nitrogen functional groups attached to an aromatic ring is 1. The molecule has 0 radical (unpaired) electrons. The molecule has 0 fully saturated rings. The van der Waals surface area contributed by atoms with Crippen molar-refractivity contribution in [3.8, 4) is 11.1 Å². The van der Waals surface area contributed by atoms with Crippen molar-refractivity contribution in [3.05, 3.63) is 83.7 Å². The Morgan fingerprint density at radius 1 is 1.03 bits per heavy atom. The second-order valence-corrected chi connectivity index (χ2v) is 7.89. The number of hydrogen-bond acceptors (Lipinski definition) is 7. The van der Waals surface area contributed by atoms with E-state index in [1.807, 2.05) is 48.5 Å². The van der Waals surface area contributed by atoms with Crippen LogP contribution in [0.4, 0.5) is 5.69 Å². The number of pyridine rings is 1. The van der Waals surface area contributed by atoms with Gasteiger partial charge in [-0.3, -0.25) is 20.3 Å². The van der Waals surface area contributed by atoms with Gasteiger partial charge < -0.3 is 22.3 Å². The molecule has 0 saturated carbocycles. The molecule has 0 unspecified atom stereocenters. The molecule has 0 saturated heterocycles. The molecule has 2 aromatic carbocycles. The Morgan fingerprint density at radius 2 is 1.85 bits per heavy atom. The van der Waals surface area contributed by atoms with Crippen LogP contribution < -0.4 is 11.5 Å². The summed E-state index contributed by atoms with van der Waals surface area (Å²) in [5.74, 6) is 0. The number of aromatic nitrogens is 1. The van der Waals surface area contributed by atoms with E-state index in [1.165, 1.54) is 12.6 Å². The lowest BCUT2D eigenvalue weighted by molar-refractivity contribution is 0.314. The van der Waals surface area contributed by atoms with Gasteiger partial charge in [-0.15, -0.1) is 0 Å². The molecule has 7 N–H and O–H groups in total. The Hall–Kier alpha value is -4.17. The number of nitrogens with one attached hydrogen (secondary N) is 3. The first-order chi connectivity index (χ1) is 16.5. The van der Waals surface area contributed by atoms with Crippen molar-refractivity contribution >= 4 is 29.7 Å². The highest BCUT2D eigenvalue weighted by atomic mass is 15.1. The number of benzene rings is 2. The normalized spacial score (nSPS) is 11.1. The number of aliphatic imine (C=N–C) groups is 1. The van der Waals surface area contributed by atoms with Gasteiger partial charge in [0, 0.05) is 61.5 Å². The molecule has 0 amide bonds. The molecule has 8 nitrogen and oxygen atoms in total. The maximum atomic E-state index is 8.62. The molecule has 174 valence electrons. The number of nitrogens with two attached hydrogens (primary N) is 2. The van der Waals surface area contributed by atoms with Gasteiger partial charge in [-0.2, -0.15) is 0 Å². The van der Waals surface area contributed by atoms with Crippen LogP contribution in [0.2, 0.25) is 0 Å². The molecule has 0 aliphatic rings. The van der Waals surface area contributed by atoms with E-state index in [0.29, 0.717) is 43.9 Å². The SMILES string of the molecule is N=CCN(CCN=CN)Cc1cccc(CC(=N)C(=N)c2cc(-c3cccnc3)ccc2N)c1. The fourth-order valence-corrected chi connectivity index (χ4v) is 3.67. The van der Waals surface area contributed by atoms with E-state index in [1.54, 1.807) is 18.5 Å². The molecular weight excluding hydrogens is 424 g/mol. The quantitative estimate of drug-likeness (QED) is 0.162. The molecule has 34 heavy (non-hydrogen) atoms. The van der Waals surface area contributed by atoms with Crippen LogP contribution in [-0.2, 0) is 13.0 Å². The van der Waals surface area contributed by atoms with Gasteiger partial charge in [0.2, 0.25) is 0 Å². The van der Waals surface area contributed by atoms with Gasteiger partial charge >= 0.3 is 0 Å².